The van der Waals surface area contributed by atoms with Crippen molar-refractivity contribution in [2.45, 2.75) is 46.7 Å². The molecule has 0 unspecified atom stereocenters. The number of aliphatic imine (C=N–C) groups is 1. The normalized spacial score (nSPS) is 11.4. The molecule has 0 spiro atoms. The van der Waals surface area contributed by atoms with E-state index in [1.165, 1.54) is 6.92 Å². The third-order valence-corrected chi connectivity index (χ3v) is 2.50. The van der Waals surface area contributed by atoms with Crippen molar-refractivity contribution in [2.75, 3.05) is 11.9 Å². The number of amides is 1. The van der Waals surface area contributed by atoms with E-state index >= 15 is 0 Å². The quantitative estimate of drug-likeness (QED) is 0.400. The summed E-state index contributed by atoms with van der Waals surface area (Å²) in [4.78, 5) is 15.6. The van der Waals surface area contributed by atoms with Crippen molar-refractivity contribution in [1.29, 1.82) is 0 Å². The maximum atomic E-state index is 11.1. The summed E-state index contributed by atoms with van der Waals surface area (Å²) in [5, 5.41) is 9.35. The van der Waals surface area contributed by atoms with Gasteiger partial charge in [0.25, 0.3) is 0 Å². The monoisotopic (exact) mass is 418 g/mol. The topological polar surface area (TPSA) is 65.5 Å². The second-order valence-corrected chi connectivity index (χ2v) is 5.95. The molecule has 0 fully saturated rings. The highest BCUT2D eigenvalue weighted by atomic mass is 127. The molecule has 22 heavy (non-hydrogen) atoms. The molecule has 0 aliphatic heterocycles. The summed E-state index contributed by atoms with van der Waals surface area (Å²) >= 11 is 0. The van der Waals surface area contributed by atoms with Gasteiger partial charge in [-0.15, -0.1) is 24.0 Å². The van der Waals surface area contributed by atoms with Crippen molar-refractivity contribution < 1.29 is 4.79 Å². The van der Waals surface area contributed by atoms with Crippen LogP contribution >= 0.6 is 24.0 Å². The van der Waals surface area contributed by atoms with Gasteiger partial charge in [0.1, 0.15) is 0 Å². The Morgan fingerprint density at radius 1 is 1.27 bits per heavy atom. The van der Waals surface area contributed by atoms with Crippen LogP contribution in [0, 0.1) is 0 Å². The second kappa shape index (κ2) is 9.66. The molecule has 6 heteroatoms. The highest BCUT2D eigenvalue weighted by Crippen LogP contribution is 2.11. The van der Waals surface area contributed by atoms with E-state index < -0.39 is 0 Å². The first-order valence-corrected chi connectivity index (χ1v) is 7.23. The molecule has 0 aliphatic rings. The van der Waals surface area contributed by atoms with Gasteiger partial charge < -0.3 is 16.0 Å². The first-order valence-electron chi connectivity index (χ1n) is 7.23. The Bertz CT molecular complexity index is 509. The summed E-state index contributed by atoms with van der Waals surface area (Å²) in [5.74, 6) is 0.716. The highest BCUT2D eigenvalue weighted by Gasteiger charge is 2.11. The zero-order valence-corrected chi connectivity index (χ0v) is 16.3. The standard InChI is InChI=1S/C16H26N4O.HI/c1-6-17-15(20-16(3,4)5)18-11-13-8-7-9-14(10-13)19-12(2)21;/h7-10H,6,11H2,1-5H3,(H,19,21)(H2,17,18,20);1H. The minimum absolute atomic E-state index is 0. The lowest BCUT2D eigenvalue weighted by Crippen LogP contribution is -2.47. The molecule has 1 aromatic rings. The number of nitrogens with zero attached hydrogens (tertiary/aromatic N) is 1. The summed E-state index contributed by atoms with van der Waals surface area (Å²) in [7, 11) is 0. The molecule has 0 aromatic heterocycles. The molecule has 0 saturated carbocycles. The Morgan fingerprint density at radius 3 is 2.50 bits per heavy atom. The highest BCUT2D eigenvalue weighted by molar-refractivity contribution is 14.0. The Morgan fingerprint density at radius 2 is 1.95 bits per heavy atom. The number of carbonyl (C=O) groups excluding carboxylic acids is 1. The largest absolute Gasteiger partial charge is 0.357 e. The first kappa shape index (κ1) is 20.7. The molecule has 1 amide bonds. The molecule has 3 N–H and O–H groups in total. The Balaban J connectivity index is 0.00000441. The van der Waals surface area contributed by atoms with Crippen LogP contribution in [-0.4, -0.2) is 24.0 Å². The second-order valence-electron chi connectivity index (χ2n) is 5.95. The van der Waals surface area contributed by atoms with Crippen molar-refractivity contribution in [2.24, 2.45) is 4.99 Å². The molecule has 124 valence electrons. The van der Waals surface area contributed by atoms with E-state index in [2.05, 4.69) is 41.7 Å². The van der Waals surface area contributed by atoms with Gasteiger partial charge in [0.2, 0.25) is 5.91 Å². The number of carbonyl (C=O) groups is 1. The fraction of sp³-hybridized carbons (Fsp3) is 0.500. The van der Waals surface area contributed by atoms with Gasteiger partial charge in [0, 0.05) is 24.7 Å². The number of halogens is 1. The zero-order chi connectivity index (χ0) is 15.9. The number of hydrogen-bond acceptors (Lipinski definition) is 2. The van der Waals surface area contributed by atoms with Crippen LogP contribution in [-0.2, 0) is 11.3 Å². The molecule has 0 atom stereocenters. The molecule has 0 bridgehead atoms. The van der Waals surface area contributed by atoms with Crippen LogP contribution < -0.4 is 16.0 Å². The fourth-order valence-electron chi connectivity index (χ4n) is 1.78. The molecule has 5 nitrogen and oxygen atoms in total. The van der Waals surface area contributed by atoms with Gasteiger partial charge >= 0.3 is 0 Å². The lowest BCUT2D eigenvalue weighted by Gasteiger charge is -2.23. The SMILES string of the molecule is CCNC(=NCc1cccc(NC(C)=O)c1)NC(C)(C)C.I. The number of guanidine groups is 1. The van der Waals surface area contributed by atoms with Gasteiger partial charge in [-0.2, -0.15) is 0 Å². The van der Waals surface area contributed by atoms with Gasteiger partial charge in [-0.05, 0) is 45.4 Å². The van der Waals surface area contributed by atoms with E-state index in [9.17, 15) is 4.79 Å². The van der Waals surface area contributed by atoms with Gasteiger partial charge in [-0.25, -0.2) is 4.99 Å². The molecule has 0 aliphatic carbocycles. The van der Waals surface area contributed by atoms with Crippen molar-refractivity contribution >= 4 is 41.5 Å². The number of anilines is 1. The van der Waals surface area contributed by atoms with Crippen LogP contribution in [0.3, 0.4) is 0 Å². The molecule has 0 heterocycles. The first-order chi connectivity index (χ1) is 9.80. The smallest absolute Gasteiger partial charge is 0.221 e. The van der Waals surface area contributed by atoms with Crippen molar-refractivity contribution in [3.8, 4) is 0 Å². The molecular weight excluding hydrogens is 391 g/mol. The Hall–Kier alpha value is -1.31. The maximum absolute atomic E-state index is 11.1. The summed E-state index contributed by atoms with van der Waals surface area (Å²) in [5.41, 5.74) is 1.80. The summed E-state index contributed by atoms with van der Waals surface area (Å²) < 4.78 is 0. The number of hydrogen-bond donors (Lipinski definition) is 3. The fourth-order valence-corrected chi connectivity index (χ4v) is 1.78. The van der Waals surface area contributed by atoms with E-state index in [0.29, 0.717) is 6.54 Å². The van der Waals surface area contributed by atoms with Crippen LogP contribution in [0.1, 0.15) is 40.2 Å². The van der Waals surface area contributed by atoms with Crippen LogP contribution in [0.4, 0.5) is 5.69 Å². The van der Waals surface area contributed by atoms with Crippen LogP contribution in [0.5, 0.6) is 0 Å². The van der Waals surface area contributed by atoms with Crippen LogP contribution in [0.2, 0.25) is 0 Å². The maximum Gasteiger partial charge on any atom is 0.221 e. The Kier molecular flexibility index (Phi) is 9.08. The molecule has 1 rings (SSSR count). The minimum Gasteiger partial charge on any atom is -0.357 e. The van der Waals surface area contributed by atoms with Crippen molar-refractivity contribution in [1.82, 2.24) is 10.6 Å². The van der Waals surface area contributed by atoms with E-state index in [1.54, 1.807) is 0 Å². The molecule has 1 aromatic carbocycles. The van der Waals surface area contributed by atoms with Gasteiger partial charge in [-0.1, -0.05) is 12.1 Å². The predicted octanol–water partition coefficient (Wildman–Crippen LogP) is 3.12. The van der Waals surface area contributed by atoms with E-state index in [1.807, 2.05) is 31.2 Å². The van der Waals surface area contributed by atoms with Crippen molar-refractivity contribution in [3.63, 3.8) is 0 Å². The number of nitrogens with one attached hydrogen (secondary N) is 3. The number of benzene rings is 1. The summed E-state index contributed by atoms with van der Waals surface area (Å²) in [6.07, 6.45) is 0. The van der Waals surface area contributed by atoms with Crippen LogP contribution in [0.25, 0.3) is 0 Å². The lowest BCUT2D eigenvalue weighted by atomic mass is 10.1. The van der Waals surface area contributed by atoms with Gasteiger partial charge in [-0.3, -0.25) is 4.79 Å². The predicted molar refractivity (Wildman–Crippen MR) is 104 cm³/mol. The Labute approximate surface area is 150 Å². The van der Waals surface area contributed by atoms with E-state index in [0.717, 1.165) is 23.8 Å². The third kappa shape index (κ3) is 8.86. The van der Waals surface area contributed by atoms with Gasteiger partial charge in [0.05, 0.1) is 6.54 Å². The molecular formula is C16H27IN4O. The summed E-state index contributed by atoms with van der Waals surface area (Å²) in [6.45, 7) is 11.2. The van der Waals surface area contributed by atoms with Crippen LogP contribution in [0.15, 0.2) is 29.3 Å². The molecule has 0 saturated heterocycles. The van der Waals surface area contributed by atoms with Gasteiger partial charge in [0.15, 0.2) is 5.96 Å². The third-order valence-electron chi connectivity index (χ3n) is 2.50. The zero-order valence-electron chi connectivity index (χ0n) is 14.0. The van der Waals surface area contributed by atoms with E-state index in [4.69, 9.17) is 0 Å². The minimum atomic E-state index is -0.0709. The lowest BCUT2D eigenvalue weighted by molar-refractivity contribution is -0.114. The number of rotatable bonds is 4. The van der Waals surface area contributed by atoms with E-state index in [-0.39, 0.29) is 35.4 Å². The molecule has 0 radical (unpaired) electrons. The average molecular weight is 418 g/mol. The summed E-state index contributed by atoms with van der Waals surface area (Å²) in [6, 6.07) is 7.72. The average Bonchev–Trinajstić information content (AvgIpc) is 2.34. The van der Waals surface area contributed by atoms with Crippen molar-refractivity contribution in [3.05, 3.63) is 29.8 Å².